The average molecular weight is 213 g/mol. The van der Waals surface area contributed by atoms with E-state index in [-0.39, 0.29) is 17.9 Å². The molecular formula is C12H23NO2. The molecule has 0 aromatic carbocycles. The van der Waals surface area contributed by atoms with Gasteiger partial charge in [-0.05, 0) is 26.3 Å². The highest BCUT2D eigenvalue weighted by atomic mass is 16.5. The van der Waals surface area contributed by atoms with Crippen molar-refractivity contribution in [2.75, 3.05) is 13.2 Å². The standard InChI is InChI=1S/C12H23NO2/c1-3-4-5-6-9-15-12(14)11-7-8-13-10(11)2/h10-11,13H,3-9H2,1-2H3. The van der Waals surface area contributed by atoms with Gasteiger partial charge in [-0.1, -0.05) is 26.2 Å². The van der Waals surface area contributed by atoms with Crippen LogP contribution < -0.4 is 5.32 Å². The highest BCUT2D eigenvalue weighted by Gasteiger charge is 2.30. The Balaban J connectivity index is 2.08. The van der Waals surface area contributed by atoms with Gasteiger partial charge in [-0.25, -0.2) is 0 Å². The molecule has 0 aromatic rings. The Morgan fingerprint density at radius 2 is 2.20 bits per heavy atom. The number of ether oxygens (including phenoxy) is 1. The number of carbonyl (C=O) groups excluding carboxylic acids is 1. The fourth-order valence-corrected chi connectivity index (χ4v) is 1.99. The van der Waals surface area contributed by atoms with E-state index in [2.05, 4.69) is 19.2 Å². The van der Waals surface area contributed by atoms with Crippen LogP contribution in [-0.4, -0.2) is 25.2 Å². The van der Waals surface area contributed by atoms with Crippen molar-refractivity contribution in [1.82, 2.24) is 5.32 Å². The summed E-state index contributed by atoms with van der Waals surface area (Å²) in [5, 5.41) is 3.26. The molecule has 88 valence electrons. The molecule has 0 spiro atoms. The van der Waals surface area contributed by atoms with Gasteiger partial charge in [0, 0.05) is 6.04 Å². The van der Waals surface area contributed by atoms with E-state index < -0.39 is 0 Å². The first-order valence-electron chi connectivity index (χ1n) is 6.15. The number of carbonyl (C=O) groups is 1. The Labute approximate surface area is 92.6 Å². The Hall–Kier alpha value is -0.570. The normalized spacial score (nSPS) is 25.5. The van der Waals surface area contributed by atoms with E-state index in [1.54, 1.807) is 0 Å². The van der Waals surface area contributed by atoms with Gasteiger partial charge in [0.25, 0.3) is 0 Å². The van der Waals surface area contributed by atoms with E-state index in [1.807, 2.05) is 0 Å². The van der Waals surface area contributed by atoms with E-state index >= 15 is 0 Å². The average Bonchev–Trinajstić information content (AvgIpc) is 2.64. The smallest absolute Gasteiger partial charge is 0.310 e. The van der Waals surface area contributed by atoms with Gasteiger partial charge in [-0.3, -0.25) is 4.79 Å². The third-order valence-electron chi connectivity index (χ3n) is 3.07. The van der Waals surface area contributed by atoms with E-state index in [9.17, 15) is 4.79 Å². The maximum Gasteiger partial charge on any atom is 0.310 e. The molecule has 15 heavy (non-hydrogen) atoms. The number of rotatable bonds is 6. The van der Waals surface area contributed by atoms with E-state index in [0.29, 0.717) is 6.61 Å². The van der Waals surface area contributed by atoms with Crippen LogP contribution in [0.3, 0.4) is 0 Å². The van der Waals surface area contributed by atoms with Gasteiger partial charge in [-0.2, -0.15) is 0 Å². The molecular weight excluding hydrogens is 190 g/mol. The summed E-state index contributed by atoms with van der Waals surface area (Å²) in [5.41, 5.74) is 0. The molecule has 2 unspecified atom stereocenters. The van der Waals surface area contributed by atoms with Crippen molar-refractivity contribution in [1.29, 1.82) is 0 Å². The first-order chi connectivity index (χ1) is 7.25. The Kier molecular flexibility index (Phi) is 5.69. The lowest BCUT2D eigenvalue weighted by molar-refractivity contribution is -0.148. The zero-order valence-corrected chi connectivity index (χ0v) is 9.92. The molecule has 3 nitrogen and oxygen atoms in total. The summed E-state index contributed by atoms with van der Waals surface area (Å²) in [5.74, 6) is 0.0696. The van der Waals surface area contributed by atoms with Gasteiger partial charge < -0.3 is 10.1 Å². The van der Waals surface area contributed by atoms with Crippen molar-refractivity contribution in [3.8, 4) is 0 Å². The Bertz CT molecular complexity index is 194. The molecule has 0 saturated carbocycles. The number of hydrogen-bond acceptors (Lipinski definition) is 3. The van der Waals surface area contributed by atoms with Gasteiger partial charge in [0.2, 0.25) is 0 Å². The van der Waals surface area contributed by atoms with Gasteiger partial charge in [0.05, 0.1) is 12.5 Å². The first-order valence-corrected chi connectivity index (χ1v) is 6.15. The van der Waals surface area contributed by atoms with Crippen LogP contribution in [0.2, 0.25) is 0 Å². The molecule has 1 rings (SSSR count). The highest BCUT2D eigenvalue weighted by molar-refractivity contribution is 5.73. The highest BCUT2D eigenvalue weighted by Crippen LogP contribution is 2.16. The molecule has 0 radical (unpaired) electrons. The SMILES string of the molecule is CCCCCCOC(=O)C1CCNC1C. The van der Waals surface area contributed by atoms with Crippen molar-refractivity contribution < 1.29 is 9.53 Å². The summed E-state index contributed by atoms with van der Waals surface area (Å²) >= 11 is 0. The van der Waals surface area contributed by atoms with Gasteiger partial charge in [0.1, 0.15) is 0 Å². The second-order valence-corrected chi connectivity index (χ2v) is 4.37. The molecule has 1 aliphatic rings. The number of unbranched alkanes of at least 4 members (excludes halogenated alkanes) is 3. The van der Waals surface area contributed by atoms with Crippen LogP contribution in [0.1, 0.15) is 46.0 Å². The van der Waals surface area contributed by atoms with E-state index in [1.165, 1.54) is 19.3 Å². The number of esters is 1. The van der Waals surface area contributed by atoms with Crippen molar-refractivity contribution in [2.24, 2.45) is 5.92 Å². The van der Waals surface area contributed by atoms with E-state index in [4.69, 9.17) is 4.74 Å². The lowest BCUT2D eigenvalue weighted by Crippen LogP contribution is -2.29. The quantitative estimate of drug-likeness (QED) is 0.542. The molecule has 3 heteroatoms. The van der Waals surface area contributed by atoms with Crippen LogP contribution in [0, 0.1) is 5.92 Å². The zero-order chi connectivity index (χ0) is 11.1. The third kappa shape index (κ3) is 4.20. The van der Waals surface area contributed by atoms with Gasteiger partial charge >= 0.3 is 5.97 Å². The predicted octanol–water partition coefficient (Wildman–Crippen LogP) is 2.11. The minimum absolute atomic E-state index is 0.0102. The van der Waals surface area contributed by atoms with E-state index in [0.717, 1.165) is 19.4 Å². The molecule has 0 bridgehead atoms. The van der Waals surface area contributed by atoms with Crippen molar-refractivity contribution in [3.63, 3.8) is 0 Å². The Morgan fingerprint density at radius 1 is 1.40 bits per heavy atom. The minimum Gasteiger partial charge on any atom is -0.465 e. The minimum atomic E-state index is -0.0102. The first kappa shape index (κ1) is 12.5. The number of nitrogens with one attached hydrogen (secondary N) is 1. The topological polar surface area (TPSA) is 38.3 Å². The largest absolute Gasteiger partial charge is 0.465 e. The molecule has 1 aliphatic heterocycles. The van der Waals surface area contributed by atoms with Crippen LogP contribution in [0.15, 0.2) is 0 Å². The van der Waals surface area contributed by atoms with Gasteiger partial charge in [0.15, 0.2) is 0 Å². The summed E-state index contributed by atoms with van der Waals surface area (Å²) in [6, 6.07) is 0.285. The molecule has 0 amide bonds. The fourth-order valence-electron chi connectivity index (χ4n) is 1.99. The van der Waals surface area contributed by atoms with Crippen LogP contribution in [0.4, 0.5) is 0 Å². The van der Waals surface area contributed by atoms with Crippen LogP contribution >= 0.6 is 0 Å². The Morgan fingerprint density at radius 3 is 2.80 bits per heavy atom. The van der Waals surface area contributed by atoms with Crippen LogP contribution in [-0.2, 0) is 9.53 Å². The lowest BCUT2D eigenvalue weighted by atomic mass is 10.0. The molecule has 2 atom stereocenters. The molecule has 1 saturated heterocycles. The van der Waals surface area contributed by atoms with Crippen LogP contribution in [0.5, 0.6) is 0 Å². The van der Waals surface area contributed by atoms with Crippen molar-refractivity contribution in [2.45, 2.75) is 52.0 Å². The molecule has 0 aromatic heterocycles. The second-order valence-electron chi connectivity index (χ2n) is 4.37. The maximum atomic E-state index is 11.6. The summed E-state index contributed by atoms with van der Waals surface area (Å²) < 4.78 is 5.26. The number of hydrogen-bond donors (Lipinski definition) is 1. The summed E-state index contributed by atoms with van der Waals surface area (Å²) in [7, 11) is 0. The predicted molar refractivity (Wildman–Crippen MR) is 60.7 cm³/mol. The molecule has 1 fully saturated rings. The summed E-state index contributed by atoms with van der Waals surface area (Å²) in [6.45, 7) is 5.77. The molecule has 1 N–H and O–H groups in total. The molecule has 0 aliphatic carbocycles. The lowest BCUT2D eigenvalue weighted by Gasteiger charge is -2.13. The zero-order valence-electron chi connectivity index (χ0n) is 9.92. The van der Waals surface area contributed by atoms with Crippen LogP contribution in [0.25, 0.3) is 0 Å². The molecule has 1 heterocycles. The van der Waals surface area contributed by atoms with Gasteiger partial charge in [-0.15, -0.1) is 0 Å². The monoisotopic (exact) mass is 213 g/mol. The second kappa shape index (κ2) is 6.83. The van der Waals surface area contributed by atoms with Crippen molar-refractivity contribution >= 4 is 5.97 Å². The summed E-state index contributed by atoms with van der Waals surface area (Å²) in [4.78, 5) is 11.6. The summed E-state index contributed by atoms with van der Waals surface area (Å²) in [6.07, 6.45) is 5.56. The maximum absolute atomic E-state index is 11.6. The third-order valence-corrected chi connectivity index (χ3v) is 3.07. The fraction of sp³-hybridized carbons (Fsp3) is 0.917. The van der Waals surface area contributed by atoms with Crippen molar-refractivity contribution in [3.05, 3.63) is 0 Å².